The zero-order chi connectivity index (χ0) is 17.4. The predicted molar refractivity (Wildman–Crippen MR) is 117 cm³/mol. The largest absolute Gasteiger partial charge is 0.497 e. The lowest BCUT2D eigenvalue weighted by atomic mass is 10.1. The molecular formula is C18H30IN3O2S. The van der Waals surface area contributed by atoms with Crippen molar-refractivity contribution in [2.24, 2.45) is 4.99 Å². The number of guanidine groups is 1. The van der Waals surface area contributed by atoms with Crippen LogP contribution in [-0.2, 0) is 0 Å². The van der Waals surface area contributed by atoms with Crippen molar-refractivity contribution in [3.05, 3.63) is 29.8 Å². The quantitative estimate of drug-likeness (QED) is 0.319. The Bertz CT molecular complexity index is 545. The third-order valence-corrected chi connectivity index (χ3v) is 5.40. The summed E-state index contributed by atoms with van der Waals surface area (Å²) >= 11 is 1.94. The summed E-state index contributed by atoms with van der Waals surface area (Å²) in [6.45, 7) is 3.18. The van der Waals surface area contributed by atoms with E-state index in [0.29, 0.717) is 12.6 Å². The predicted octanol–water partition coefficient (Wildman–Crippen LogP) is 3.19. The van der Waals surface area contributed by atoms with E-state index in [-0.39, 0.29) is 24.0 Å². The van der Waals surface area contributed by atoms with Gasteiger partial charge < -0.3 is 20.5 Å². The number of rotatable bonds is 7. The standard InChI is InChI=1S/C18H29N3O2S.HI/c1-4-19-18(21-14-8-9-16(11-14)24-3)20-12-17(22)13-6-5-7-15(10-13)23-2;/h5-7,10,14,16-17,22H,4,8-9,11-12H2,1-3H3,(H2,19,20,21);1H. The van der Waals surface area contributed by atoms with Crippen LogP contribution in [0, 0.1) is 0 Å². The number of halogens is 1. The lowest BCUT2D eigenvalue weighted by molar-refractivity contribution is 0.186. The molecule has 1 aliphatic carbocycles. The number of hydrogen-bond donors (Lipinski definition) is 3. The van der Waals surface area contributed by atoms with Crippen LogP contribution in [0.5, 0.6) is 5.75 Å². The van der Waals surface area contributed by atoms with E-state index in [1.54, 1.807) is 7.11 Å². The Morgan fingerprint density at radius 3 is 2.88 bits per heavy atom. The molecule has 0 aromatic heterocycles. The SMILES string of the molecule is CCNC(=NCC(O)c1cccc(OC)c1)NC1CCC(SC)C1.I. The molecule has 0 radical (unpaired) electrons. The second kappa shape index (κ2) is 11.9. The molecule has 5 nitrogen and oxygen atoms in total. The fourth-order valence-corrected chi connectivity index (χ4v) is 3.73. The van der Waals surface area contributed by atoms with Gasteiger partial charge >= 0.3 is 0 Å². The van der Waals surface area contributed by atoms with E-state index in [2.05, 4.69) is 28.8 Å². The molecule has 0 amide bonds. The number of aliphatic hydroxyl groups excluding tert-OH is 1. The zero-order valence-corrected chi connectivity index (χ0v) is 18.3. The molecule has 1 aromatic carbocycles. The fourth-order valence-electron chi connectivity index (χ4n) is 2.93. The number of aliphatic hydroxyl groups is 1. The van der Waals surface area contributed by atoms with Gasteiger partial charge in [-0.2, -0.15) is 11.8 Å². The fraction of sp³-hybridized carbons (Fsp3) is 0.611. The van der Waals surface area contributed by atoms with Gasteiger partial charge in [0.05, 0.1) is 19.8 Å². The summed E-state index contributed by atoms with van der Waals surface area (Å²) in [5.74, 6) is 1.53. The number of hydrogen-bond acceptors (Lipinski definition) is 4. The molecule has 3 N–H and O–H groups in total. The summed E-state index contributed by atoms with van der Waals surface area (Å²) < 4.78 is 5.20. The van der Waals surface area contributed by atoms with Gasteiger partial charge in [-0.1, -0.05) is 12.1 Å². The molecule has 3 atom stereocenters. The summed E-state index contributed by atoms with van der Waals surface area (Å²) in [7, 11) is 1.63. The van der Waals surface area contributed by atoms with Crippen molar-refractivity contribution in [2.45, 2.75) is 43.6 Å². The van der Waals surface area contributed by atoms with E-state index in [0.717, 1.165) is 29.1 Å². The third-order valence-electron chi connectivity index (χ3n) is 4.30. The molecule has 3 unspecified atom stereocenters. The van der Waals surface area contributed by atoms with Crippen molar-refractivity contribution < 1.29 is 9.84 Å². The van der Waals surface area contributed by atoms with Crippen molar-refractivity contribution in [3.8, 4) is 5.75 Å². The molecule has 0 aliphatic heterocycles. The highest BCUT2D eigenvalue weighted by molar-refractivity contribution is 14.0. The molecule has 0 saturated heterocycles. The number of nitrogens with zero attached hydrogens (tertiary/aromatic N) is 1. The summed E-state index contributed by atoms with van der Waals surface area (Å²) in [4.78, 5) is 4.56. The van der Waals surface area contributed by atoms with Crippen LogP contribution in [0.25, 0.3) is 0 Å². The molecule has 0 spiro atoms. The maximum absolute atomic E-state index is 10.4. The van der Waals surface area contributed by atoms with Crippen LogP contribution >= 0.6 is 35.7 Å². The van der Waals surface area contributed by atoms with Gasteiger partial charge in [0.25, 0.3) is 0 Å². The van der Waals surface area contributed by atoms with Crippen LogP contribution in [-0.4, -0.2) is 48.8 Å². The first-order chi connectivity index (χ1) is 11.7. The second-order valence-corrected chi connectivity index (χ2v) is 7.16. The van der Waals surface area contributed by atoms with Crippen molar-refractivity contribution in [1.82, 2.24) is 10.6 Å². The zero-order valence-electron chi connectivity index (χ0n) is 15.2. The van der Waals surface area contributed by atoms with Crippen molar-refractivity contribution in [2.75, 3.05) is 26.5 Å². The van der Waals surface area contributed by atoms with Gasteiger partial charge in [-0.25, -0.2) is 0 Å². The van der Waals surface area contributed by atoms with E-state index < -0.39 is 6.10 Å². The van der Waals surface area contributed by atoms with Crippen molar-refractivity contribution >= 4 is 41.7 Å². The van der Waals surface area contributed by atoms with Gasteiger partial charge in [0.15, 0.2) is 5.96 Å². The van der Waals surface area contributed by atoms with Crippen LogP contribution in [0.4, 0.5) is 0 Å². The molecule has 142 valence electrons. The van der Waals surface area contributed by atoms with Gasteiger partial charge in [-0.3, -0.25) is 4.99 Å². The third kappa shape index (κ3) is 7.22. The van der Waals surface area contributed by atoms with E-state index in [1.165, 1.54) is 19.3 Å². The normalized spacial score (nSPS) is 21.4. The molecule has 1 aliphatic rings. The van der Waals surface area contributed by atoms with E-state index >= 15 is 0 Å². The molecule has 0 heterocycles. The molecule has 7 heteroatoms. The topological polar surface area (TPSA) is 65.9 Å². The van der Waals surface area contributed by atoms with Gasteiger partial charge in [0, 0.05) is 17.8 Å². The van der Waals surface area contributed by atoms with E-state index in [9.17, 15) is 5.11 Å². The minimum absolute atomic E-state index is 0. The van der Waals surface area contributed by atoms with Crippen LogP contribution < -0.4 is 15.4 Å². The summed E-state index contributed by atoms with van der Waals surface area (Å²) in [5.41, 5.74) is 0.817. The Hall–Kier alpha value is -0.670. The Labute approximate surface area is 172 Å². The van der Waals surface area contributed by atoms with Crippen LogP contribution in [0.15, 0.2) is 29.3 Å². The first-order valence-electron chi connectivity index (χ1n) is 8.55. The highest BCUT2D eigenvalue weighted by atomic mass is 127. The maximum Gasteiger partial charge on any atom is 0.191 e. The van der Waals surface area contributed by atoms with Crippen LogP contribution in [0.3, 0.4) is 0 Å². The Morgan fingerprint density at radius 1 is 1.44 bits per heavy atom. The minimum Gasteiger partial charge on any atom is -0.497 e. The summed E-state index contributed by atoms with van der Waals surface area (Å²) in [6.07, 6.45) is 5.14. The highest BCUT2D eigenvalue weighted by Gasteiger charge is 2.24. The first-order valence-corrected chi connectivity index (χ1v) is 9.84. The monoisotopic (exact) mass is 479 g/mol. The molecule has 1 fully saturated rings. The number of aliphatic imine (C=N–C) groups is 1. The highest BCUT2D eigenvalue weighted by Crippen LogP contribution is 2.28. The summed E-state index contributed by atoms with van der Waals surface area (Å²) in [6, 6.07) is 7.96. The van der Waals surface area contributed by atoms with Crippen LogP contribution in [0.2, 0.25) is 0 Å². The van der Waals surface area contributed by atoms with E-state index in [4.69, 9.17) is 4.74 Å². The minimum atomic E-state index is -0.641. The smallest absolute Gasteiger partial charge is 0.191 e. The number of benzene rings is 1. The number of methoxy groups -OCH3 is 1. The van der Waals surface area contributed by atoms with E-state index in [1.807, 2.05) is 36.0 Å². The second-order valence-electron chi connectivity index (χ2n) is 6.02. The van der Waals surface area contributed by atoms with Crippen molar-refractivity contribution in [1.29, 1.82) is 0 Å². The van der Waals surface area contributed by atoms with Gasteiger partial charge in [-0.15, -0.1) is 24.0 Å². The van der Waals surface area contributed by atoms with Gasteiger partial charge in [0.2, 0.25) is 0 Å². The summed E-state index contributed by atoms with van der Waals surface area (Å²) in [5, 5.41) is 17.9. The average molecular weight is 479 g/mol. The maximum atomic E-state index is 10.4. The molecule has 1 aromatic rings. The molecule has 0 bridgehead atoms. The average Bonchev–Trinajstić information content (AvgIpc) is 3.07. The lowest BCUT2D eigenvalue weighted by Gasteiger charge is -2.18. The van der Waals surface area contributed by atoms with Crippen LogP contribution in [0.1, 0.15) is 37.9 Å². The molecule has 25 heavy (non-hydrogen) atoms. The Kier molecular flexibility index (Phi) is 10.6. The van der Waals surface area contributed by atoms with Gasteiger partial charge in [-0.05, 0) is 50.1 Å². The number of ether oxygens (including phenoxy) is 1. The van der Waals surface area contributed by atoms with Crippen molar-refractivity contribution in [3.63, 3.8) is 0 Å². The number of thioether (sulfide) groups is 1. The molecule has 1 saturated carbocycles. The number of nitrogens with one attached hydrogen (secondary N) is 2. The first kappa shape index (κ1) is 22.4. The molecule has 2 rings (SSSR count). The Morgan fingerprint density at radius 2 is 2.24 bits per heavy atom. The molecular weight excluding hydrogens is 449 g/mol. The Balaban J connectivity index is 0.00000312. The lowest BCUT2D eigenvalue weighted by Crippen LogP contribution is -2.42. The van der Waals surface area contributed by atoms with Gasteiger partial charge in [0.1, 0.15) is 5.75 Å².